The third-order valence-corrected chi connectivity index (χ3v) is 3.30. The van der Waals surface area contributed by atoms with Crippen molar-refractivity contribution < 1.29 is 9.90 Å². The van der Waals surface area contributed by atoms with Gasteiger partial charge >= 0.3 is 5.97 Å². The standard InChI is InChI=1S/C18H27NO2/c1-7-14(8-2)11-15(13(3)4)12-16(19)9-10-18(5,6)17(20)21/h9-12,19H,3,7-8H2,1-2,4-6H3,(H,20,21)/b10-9+,15-12-,19-16?. The molecular formula is C18H27NO2. The van der Waals surface area contributed by atoms with Crippen LogP contribution < -0.4 is 0 Å². The minimum Gasteiger partial charge on any atom is -0.481 e. The number of hydrogen-bond donors (Lipinski definition) is 2. The summed E-state index contributed by atoms with van der Waals surface area (Å²) in [6, 6.07) is 0. The lowest BCUT2D eigenvalue weighted by molar-refractivity contribution is -0.144. The molecule has 0 rings (SSSR count). The molecule has 0 saturated heterocycles. The van der Waals surface area contributed by atoms with Gasteiger partial charge in [0.2, 0.25) is 0 Å². The summed E-state index contributed by atoms with van der Waals surface area (Å²) in [5, 5.41) is 17.0. The van der Waals surface area contributed by atoms with Crippen molar-refractivity contribution in [1.29, 1.82) is 5.41 Å². The Morgan fingerprint density at radius 3 is 2.14 bits per heavy atom. The summed E-state index contributed by atoms with van der Waals surface area (Å²) in [7, 11) is 0. The van der Waals surface area contributed by atoms with Crippen LogP contribution >= 0.6 is 0 Å². The summed E-state index contributed by atoms with van der Waals surface area (Å²) in [5.41, 5.74) is 2.40. The van der Waals surface area contributed by atoms with Crippen molar-refractivity contribution in [3.8, 4) is 0 Å². The second-order valence-corrected chi connectivity index (χ2v) is 5.71. The van der Waals surface area contributed by atoms with Crippen molar-refractivity contribution in [2.24, 2.45) is 5.41 Å². The maximum absolute atomic E-state index is 11.0. The second kappa shape index (κ2) is 8.40. The maximum atomic E-state index is 11.0. The van der Waals surface area contributed by atoms with Gasteiger partial charge in [-0.25, -0.2) is 0 Å². The van der Waals surface area contributed by atoms with E-state index in [1.165, 1.54) is 17.7 Å². The monoisotopic (exact) mass is 289 g/mol. The average Bonchev–Trinajstić information content (AvgIpc) is 2.40. The van der Waals surface area contributed by atoms with Crippen LogP contribution in [0.5, 0.6) is 0 Å². The van der Waals surface area contributed by atoms with Crippen molar-refractivity contribution in [3.05, 3.63) is 47.6 Å². The molecule has 0 aromatic heterocycles. The minimum atomic E-state index is -0.975. The molecule has 116 valence electrons. The first-order valence-corrected chi connectivity index (χ1v) is 7.22. The zero-order valence-corrected chi connectivity index (χ0v) is 13.8. The largest absolute Gasteiger partial charge is 0.481 e. The van der Waals surface area contributed by atoms with Crippen LogP contribution in [0.1, 0.15) is 47.5 Å². The third-order valence-electron chi connectivity index (χ3n) is 3.30. The van der Waals surface area contributed by atoms with Gasteiger partial charge in [0.1, 0.15) is 0 Å². The Morgan fingerprint density at radius 2 is 1.76 bits per heavy atom. The molecule has 3 heteroatoms. The zero-order valence-electron chi connectivity index (χ0n) is 13.8. The first-order chi connectivity index (χ1) is 9.63. The van der Waals surface area contributed by atoms with Gasteiger partial charge in [-0.15, -0.1) is 0 Å². The van der Waals surface area contributed by atoms with Gasteiger partial charge in [-0.05, 0) is 51.3 Å². The van der Waals surface area contributed by atoms with Gasteiger partial charge in [0.25, 0.3) is 0 Å². The summed E-state index contributed by atoms with van der Waals surface area (Å²) in [6.07, 6.45) is 8.79. The molecule has 0 heterocycles. The molecule has 0 saturated carbocycles. The van der Waals surface area contributed by atoms with Crippen LogP contribution in [0.15, 0.2) is 47.6 Å². The Balaban J connectivity index is 5.29. The van der Waals surface area contributed by atoms with Crippen LogP contribution in [-0.4, -0.2) is 16.8 Å². The lowest BCUT2D eigenvalue weighted by atomic mass is 9.92. The molecular weight excluding hydrogens is 262 g/mol. The van der Waals surface area contributed by atoms with Crippen LogP contribution in [-0.2, 0) is 4.79 Å². The number of allylic oxidation sites excluding steroid dienone is 6. The van der Waals surface area contributed by atoms with Crippen LogP contribution in [0, 0.1) is 10.8 Å². The Morgan fingerprint density at radius 1 is 1.24 bits per heavy atom. The molecule has 0 unspecified atom stereocenters. The second-order valence-electron chi connectivity index (χ2n) is 5.71. The molecule has 2 N–H and O–H groups in total. The maximum Gasteiger partial charge on any atom is 0.312 e. The van der Waals surface area contributed by atoms with Crippen molar-refractivity contribution >= 4 is 11.7 Å². The fourth-order valence-corrected chi connectivity index (χ4v) is 1.55. The molecule has 0 aliphatic carbocycles. The zero-order chi connectivity index (χ0) is 16.6. The number of nitrogens with one attached hydrogen (secondary N) is 1. The highest BCUT2D eigenvalue weighted by atomic mass is 16.4. The van der Waals surface area contributed by atoms with Crippen LogP contribution in [0.25, 0.3) is 0 Å². The molecule has 0 aliphatic heterocycles. The molecule has 3 nitrogen and oxygen atoms in total. The SMILES string of the molecule is C=C(C)/C(C=C(CC)CC)=C\C(=N)/C=C/C(C)(C)C(=O)O. The van der Waals surface area contributed by atoms with Gasteiger partial charge in [-0.3, -0.25) is 4.79 Å². The minimum absolute atomic E-state index is 0.269. The summed E-state index contributed by atoms with van der Waals surface area (Å²) < 4.78 is 0. The number of aliphatic carboxylic acids is 1. The normalized spacial score (nSPS) is 12.3. The smallest absolute Gasteiger partial charge is 0.312 e. The molecule has 0 bridgehead atoms. The lowest BCUT2D eigenvalue weighted by Crippen LogP contribution is -2.20. The van der Waals surface area contributed by atoms with Crippen LogP contribution in [0.4, 0.5) is 0 Å². The Kier molecular flexibility index (Phi) is 7.64. The first-order valence-electron chi connectivity index (χ1n) is 7.22. The van der Waals surface area contributed by atoms with Gasteiger partial charge in [-0.2, -0.15) is 0 Å². The predicted molar refractivity (Wildman–Crippen MR) is 89.8 cm³/mol. The predicted octanol–water partition coefficient (Wildman–Crippen LogP) is 4.92. The van der Waals surface area contributed by atoms with Crippen LogP contribution in [0.2, 0.25) is 0 Å². The van der Waals surface area contributed by atoms with E-state index in [4.69, 9.17) is 10.5 Å². The van der Waals surface area contributed by atoms with E-state index < -0.39 is 11.4 Å². The first kappa shape index (κ1) is 19.1. The quantitative estimate of drug-likeness (QED) is 0.492. The number of carboxylic acids is 1. The number of rotatable bonds is 8. The summed E-state index contributed by atoms with van der Waals surface area (Å²) in [6.45, 7) is 13.3. The van der Waals surface area contributed by atoms with E-state index in [-0.39, 0.29) is 5.71 Å². The highest BCUT2D eigenvalue weighted by molar-refractivity contribution is 6.03. The van der Waals surface area contributed by atoms with Gasteiger partial charge in [0, 0.05) is 0 Å². The summed E-state index contributed by atoms with van der Waals surface area (Å²) in [4.78, 5) is 11.0. The van der Waals surface area contributed by atoms with Gasteiger partial charge in [0.05, 0.1) is 11.1 Å². The van der Waals surface area contributed by atoms with Crippen molar-refractivity contribution in [2.75, 3.05) is 0 Å². The van der Waals surface area contributed by atoms with E-state index in [9.17, 15) is 4.79 Å². The van der Waals surface area contributed by atoms with E-state index in [0.717, 1.165) is 24.0 Å². The van der Waals surface area contributed by atoms with Crippen molar-refractivity contribution in [3.63, 3.8) is 0 Å². The summed E-state index contributed by atoms with van der Waals surface area (Å²) >= 11 is 0. The highest BCUT2D eigenvalue weighted by Crippen LogP contribution is 2.18. The molecule has 0 atom stereocenters. The molecule has 0 fully saturated rings. The van der Waals surface area contributed by atoms with Crippen molar-refractivity contribution in [1.82, 2.24) is 0 Å². The van der Waals surface area contributed by atoms with Gasteiger partial charge < -0.3 is 10.5 Å². The number of hydrogen-bond acceptors (Lipinski definition) is 2. The number of carboxylic acid groups (broad SMARTS) is 1. The molecule has 0 aromatic rings. The van der Waals surface area contributed by atoms with E-state index in [0.29, 0.717) is 0 Å². The van der Waals surface area contributed by atoms with E-state index in [1.807, 2.05) is 6.92 Å². The highest BCUT2D eigenvalue weighted by Gasteiger charge is 2.23. The van der Waals surface area contributed by atoms with E-state index in [1.54, 1.807) is 19.9 Å². The molecule has 0 aromatic carbocycles. The third kappa shape index (κ3) is 6.89. The average molecular weight is 289 g/mol. The van der Waals surface area contributed by atoms with Gasteiger partial charge in [0.15, 0.2) is 0 Å². The molecule has 21 heavy (non-hydrogen) atoms. The Hall–Kier alpha value is -1.90. The number of carbonyl (C=O) groups is 1. The lowest BCUT2D eigenvalue weighted by Gasteiger charge is -2.12. The van der Waals surface area contributed by atoms with Crippen LogP contribution in [0.3, 0.4) is 0 Å². The summed E-state index contributed by atoms with van der Waals surface area (Å²) in [5.74, 6) is -0.908. The fraction of sp³-hybridized carbons (Fsp3) is 0.444. The Labute approximate surface area is 128 Å². The molecule has 0 aliphatic rings. The van der Waals surface area contributed by atoms with E-state index in [2.05, 4.69) is 26.5 Å². The molecule has 0 radical (unpaired) electrons. The molecule has 0 amide bonds. The van der Waals surface area contributed by atoms with E-state index >= 15 is 0 Å². The fourth-order valence-electron chi connectivity index (χ4n) is 1.55. The topological polar surface area (TPSA) is 61.2 Å². The van der Waals surface area contributed by atoms with Crippen molar-refractivity contribution in [2.45, 2.75) is 47.5 Å². The van der Waals surface area contributed by atoms with Gasteiger partial charge in [-0.1, -0.05) is 43.7 Å². The Bertz CT molecular complexity index is 499. The molecule has 0 spiro atoms.